The summed E-state index contributed by atoms with van der Waals surface area (Å²) in [7, 11) is 0. The second-order valence-corrected chi connectivity index (χ2v) is 8.62. The highest BCUT2D eigenvalue weighted by Crippen LogP contribution is 2.68. The molecule has 4 unspecified atom stereocenters. The van der Waals surface area contributed by atoms with Gasteiger partial charge in [-0.05, 0) is 16.7 Å². The van der Waals surface area contributed by atoms with Gasteiger partial charge in [-0.3, -0.25) is 5.41 Å². The molecular weight excluding hydrogens is 424 g/mol. The van der Waals surface area contributed by atoms with Crippen LogP contribution in [0.4, 0.5) is 0 Å². The summed E-state index contributed by atoms with van der Waals surface area (Å²) < 4.78 is 12.5. The van der Waals surface area contributed by atoms with E-state index in [2.05, 4.69) is 18.2 Å². The van der Waals surface area contributed by atoms with Crippen LogP contribution in [0.25, 0.3) is 11.1 Å². The van der Waals surface area contributed by atoms with Crippen molar-refractivity contribution in [3.8, 4) is 29.3 Å². The van der Waals surface area contributed by atoms with Crippen molar-refractivity contribution in [3.05, 3.63) is 96.1 Å². The van der Waals surface area contributed by atoms with E-state index in [1.807, 2.05) is 60.7 Å². The lowest BCUT2D eigenvalue weighted by Gasteiger charge is -2.48. The number of hydrogen-bond donors (Lipinski definition) is 1. The van der Waals surface area contributed by atoms with Crippen LogP contribution >= 0.6 is 0 Å². The second kappa shape index (κ2) is 7.56. The smallest absolute Gasteiger partial charge is 0.244 e. The van der Waals surface area contributed by atoms with E-state index in [4.69, 9.17) is 14.9 Å². The molecule has 164 valence electrons. The van der Waals surface area contributed by atoms with Gasteiger partial charge in [0.2, 0.25) is 17.1 Å². The number of nitrogens with one attached hydrogen (secondary N) is 1. The van der Waals surface area contributed by atoms with Gasteiger partial charge in [-0.1, -0.05) is 91.9 Å². The maximum Gasteiger partial charge on any atom is 0.244 e. The molecule has 0 aliphatic carbocycles. The third-order valence-corrected chi connectivity index (χ3v) is 7.17. The molecule has 0 aromatic heterocycles. The lowest BCUT2D eigenvalue weighted by Crippen LogP contribution is -2.57. The maximum atomic E-state index is 10.4. The minimum absolute atomic E-state index is 0.419. The van der Waals surface area contributed by atoms with E-state index in [9.17, 15) is 15.8 Å². The molecular formula is C28H20N4O2. The molecule has 2 fully saturated rings. The highest BCUT2D eigenvalue weighted by molar-refractivity contribution is 5.89. The summed E-state index contributed by atoms with van der Waals surface area (Å²) in [6, 6.07) is 32.6. The molecule has 3 aromatic carbocycles. The van der Waals surface area contributed by atoms with E-state index in [1.165, 1.54) is 0 Å². The molecule has 3 aromatic rings. The Balaban J connectivity index is 1.71. The Morgan fingerprint density at radius 1 is 0.765 bits per heavy atom. The fourth-order valence-corrected chi connectivity index (χ4v) is 5.32. The van der Waals surface area contributed by atoms with Crippen molar-refractivity contribution in [3.63, 3.8) is 0 Å². The number of benzene rings is 3. The van der Waals surface area contributed by atoms with E-state index < -0.39 is 34.5 Å². The van der Waals surface area contributed by atoms with Crippen molar-refractivity contribution >= 4 is 5.90 Å². The van der Waals surface area contributed by atoms with Crippen LogP contribution in [0.2, 0.25) is 0 Å². The topological polar surface area (TPSA) is 114 Å². The Hall–Kier alpha value is -4.44. The SMILES string of the molecule is CC1C2(c3ccccc3)OC(=N)C1(C#N)C(C#N)(C#N)C(c1ccc(-c3ccccc3)cc1)O2. The Labute approximate surface area is 197 Å². The summed E-state index contributed by atoms with van der Waals surface area (Å²) in [5.74, 6) is -2.68. The highest BCUT2D eigenvalue weighted by atomic mass is 16.7. The van der Waals surface area contributed by atoms with Crippen LogP contribution in [0.5, 0.6) is 0 Å². The normalized spacial score (nSPS) is 28.7. The van der Waals surface area contributed by atoms with Gasteiger partial charge in [-0.15, -0.1) is 0 Å². The molecule has 2 bridgehead atoms. The van der Waals surface area contributed by atoms with Crippen molar-refractivity contribution in [1.29, 1.82) is 21.2 Å². The van der Waals surface area contributed by atoms with E-state index >= 15 is 0 Å². The zero-order valence-corrected chi connectivity index (χ0v) is 18.4. The van der Waals surface area contributed by atoms with E-state index in [1.54, 1.807) is 31.2 Å². The van der Waals surface area contributed by atoms with Crippen LogP contribution in [0.3, 0.4) is 0 Å². The number of fused-ring (bicyclic) bond motifs is 2. The molecule has 2 aliphatic rings. The lowest BCUT2D eigenvalue weighted by atomic mass is 9.53. The number of ether oxygens (including phenoxy) is 2. The molecule has 0 spiro atoms. The summed E-state index contributed by atoms with van der Waals surface area (Å²) in [4.78, 5) is 0. The standard InChI is InChI=1S/C28H20N4O2/c1-19-27(18-31)25(32)34-28(19,23-10-6-3-7-11-23)33-24(26(27,16-29)17-30)22-14-12-21(13-15-22)20-8-4-2-5-9-20/h2-15,19,24,32H,1H3. The van der Waals surface area contributed by atoms with Crippen molar-refractivity contribution in [2.45, 2.75) is 18.8 Å². The predicted molar refractivity (Wildman–Crippen MR) is 124 cm³/mol. The van der Waals surface area contributed by atoms with E-state index in [-0.39, 0.29) is 0 Å². The number of nitriles is 3. The van der Waals surface area contributed by atoms with Crippen LogP contribution in [0, 0.1) is 56.2 Å². The van der Waals surface area contributed by atoms with Gasteiger partial charge in [0, 0.05) is 5.56 Å². The molecule has 6 heteroatoms. The van der Waals surface area contributed by atoms with Gasteiger partial charge < -0.3 is 9.47 Å². The fraction of sp³-hybridized carbons (Fsp3) is 0.214. The fourth-order valence-electron chi connectivity index (χ4n) is 5.32. The first kappa shape index (κ1) is 21.4. The summed E-state index contributed by atoms with van der Waals surface area (Å²) in [6.45, 7) is 1.70. The quantitative estimate of drug-likeness (QED) is 0.576. The monoisotopic (exact) mass is 444 g/mol. The summed E-state index contributed by atoms with van der Waals surface area (Å²) in [5, 5.41) is 39.8. The summed E-state index contributed by atoms with van der Waals surface area (Å²) >= 11 is 0. The van der Waals surface area contributed by atoms with Crippen molar-refractivity contribution in [1.82, 2.24) is 0 Å². The molecule has 4 atom stereocenters. The van der Waals surface area contributed by atoms with Crippen LogP contribution in [0.1, 0.15) is 24.2 Å². The van der Waals surface area contributed by atoms with Crippen molar-refractivity contribution in [2.24, 2.45) is 16.7 Å². The van der Waals surface area contributed by atoms with Crippen LogP contribution in [-0.4, -0.2) is 5.90 Å². The minimum Gasteiger partial charge on any atom is -0.443 e. The van der Waals surface area contributed by atoms with Crippen molar-refractivity contribution < 1.29 is 9.47 Å². The minimum atomic E-state index is -1.98. The van der Waals surface area contributed by atoms with Gasteiger partial charge in [0.25, 0.3) is 0 Å². The van der Waals surface area contributed by atoms with Gasteiger partial charge in [0.05, 0.1) is 24.1 Å². The van der Waals surface area contributed by atoms with Crippen LogP contribution in [-0.2, 0) is 15.3 Å². The Bertz CT molecular complexity index is 1370. The van der Waals surface area contributed by atoms with Crippen LogP contribution < -0.4 is 0 Å². The molecule has 5 rings (SSSR count). The predicted octanol–water partition coefficient (Wildman–Crippen LogP) is 5.47. The lowest BCUT2D eigenvalue weighted by molar-refractivity contribution is -0.288. The number of rotatable bonds is 3. The number of nitrogens with zero attached hydrogens (tertiary/aromatic N) is 3. The second-order valence-electron chi connectivity index (χ2n) is 8.62. The molecule has 2 saturated heterocycles. The zero-order valence-electron chi connectivity index (χ0n) is 18.4. The van der Waals surface area contributed by atoms with Gasteiger partial charge in [-0.2, -0.15) is 15.8 Å². The first-order chi connectivity index (χ1) is 16.5. The zero-order chi connectivity index (χ0) is 24.0. The maximum absolute atomic E-state index is 10.4. The first-order valence-electron chi connectivity index (χ1n) is 10.9. The Kier molecular flexibility index (Phi) is 4.76. The van der Waals surface area contributed by atoms with Gasteiger partial charge in [-0.25, -0.2) is 0 Å². The number of hydrogen-bond acceptors (Lipinski definition) is 6. The van der Waals surface area contributed by atoms with Gasteiger partial charge in [0.1, 0.15) is 6.10 Å². The third-order valence-electron chi connectivity index (χ3n) is 7.17. The van der Waals surface area contributed by atoms with Crippen molar-refractivity contribution in [2.75, 3.05) is 0 Å². The molecule has 0 amide bonds. The summed E-state index contributed by atoms with van der Waals surface area (Å²) in [6.07, 6.45) is -1.12. The van der Waals surface area contributed by atoms with Gasteiger partial charge >= 0.3 is 0 Å². The molecule has 0 radical (unpaired) electrons. The Morgan fingerprint density at radius 2 is 1.32 bits per heavy atom. The van der Waals surface area contributed by atoms with Crippen LogP contribution in [0.15, 0.2) is 84.9 Å². The molecule has 6 nitrogen and oxygen atoms in total. The Morgan fingerprint density at radius 3 is 1.88 bits per heavy atom. The molecule has 2 aliphatic heterocycles. The molecule has 1 N–H and O–H groups in total. The molecule has 2 heterocycles. The third kappa shape index (κ3) is 2.54. The van der Waals surface area contributed by atoms with E-state index in [0.717, 1.165) is 11.1 Å². The summed E-state index contributed by atoms with van der Waals surface area (Å²) in [5.41, 5.74) is -0.617. The largest absolute Gasteiger partial charge is 0.443 e. The highest BCUT2D eigenvalue weighted by Gasteiger charge is 2.79. The van der Waals surface area contributed by atoms with E-state index in [0.29, 0.717) is 11.1 Å². The molecule has 0 saturated carbocycles. The molecule has 34 heavy (non-hydrogen) atoms. The van der Waals surface area contributed by atoms with Gasteiger partial charge in [0.15, 0.2) is 5.41 Å². The average Bonchev–Trinajstić information content (AvgIpc) is 3.06. The first-order valence-corrected chi connectivity index (χ1v) is 10.9. The average molecular weight is 444 g/mol.